The molecule has 2 aromatic rings. The highest BCUT2D eigenvalue weighted by Crippen LogP contribution is 2.49. The number of sulfonamides is 2. The maximum atomic E-state index is 15.0. The van der Waals surface area contributed by atoms with E-state index in [9.17, 15) is 36.0 Å². The number of benzene rings is 1. The van der Waals surface area contributed by atoms with Gasteiger partial charge in [0.2, 0.25) is 31.9 Å². The van der Waals surface area contributed by atoms with E-state index in [2.05, 4.69) is 10.6 Å². The van der Waals surface area contributed by atoms with Crippen LogP contribution < -0.4 is 15.4 Å². The first-order valence-electron chi connectivity index (χ1n) is 20.4. The lowest BCUT2D eigenvalue weighted by atomic mass is 9.87. The van der Waals surface area contributed by atoms with E-state index in [1.165, 1.54) is 11.9 Å². The third kappa shape index (κ3) is 8.54. The second-order valence-electron chi connectivity index (χ2n) is 18.0. The Hall–Kier alpha value is -4.29. The van der Waals surface area contributed by atoms with E-state index in [4.69, 9.17) is 14.5 Å². The van der Waals surface area contributed by atoms with Crippen LogP contribution in [0, 0.1) is 18.3 Å². The number of pyridine rings is 1. The molecule has 5 aliphatic rings. The molecular formula is C41H56N6O10S2. The van der Waals surface area contributed by atoms with Crippen LogP contribution in [-0.2, 0) is 45.6 Å². The summed E-state index contributed by atoms with van der Waals surface area (Å²) in [6, 6.07) is 5.53. The first-order chi connectivity index (χ1) is 27.6. The summed E-state index contributed by atoms with van der Waals surface area (Å²) in [5.74, 6) is -1.82. The lowest BCUT2D eigenvalue weighted by Crippen LogP contribution is -2.62. The monoisotopic (exact) mass is 856 g/mol. The van der Waals surface area contributed by atoms with Gasteiger partial charge in [0.05, 0.1) is 42.9 Å². The summed E-state index contributed by atoms with van der Waals surface area (Å²) in [7, 11) is -5.97. The Bertz CT molecular complexity index is 2300. The second-order valence-corrected chi connectivity index (χ2v) is 22.1. The van der Waals surface area contributed by atoms with Crippen LogP contribution in [-0.4, -0.2) is 127 Å². The van der Waals surface area contributed by atoms with Gasteiger partial charge in [0.15, 0.2) is 0 Å². The molecule has 1 aliphatic carbocycles. The van der Waals surface area contributed by atoms with Gasteiger partial charge in [0, 0.05) is 35.8 Å². The standard InChI is InChI=1S/C41H56N6O10S2/c1-26-34-29(28-15-12-13-16-30(28)42-26)18-19-40(57-34)23-32-35(48)44-41(37(50)47-20-21-59(47,54)55)22-27(41)14-10-8-7-9-11-17-31(36(49)46(32)25-40)43-38(51)56-33(39(2,3)4)24-45(5)58(6,52)53/h10,12-16,27,31-33H,7-9,11,17-25H2,1-6H3,(H,43,51)(H,44,48)/b14-10-/t27-,31+,32+,33?,40-,41-/m1/s1. The van der Waals surface area contributed by atoms with Crippen LogP contribution in [0.2, 0.25) is 0 Å². The number of carbonyl (C=O) groups is 4. The van der Waals surface area contributed by atoms with Crippen LogP contribution in [0.3, 0.4) is 0 Å². The lowest BCUT2D eigenvalue weighted by molar-refractivity contribution is -0.142. The summed E-state index contributed by atoms with van der Waals surface area (Å²) in [5, 5.41) is 6.68. The Balaban J connectivity index is 1.22. The van der Waals surface area contributed by atoms with Crippen LogP contribution in [0.4, 0.5) is 4.79 Å². The van der Waals surface area contributed by atoms with Crippen molar-refractivity contribution in [3.63, 3.8) is 0 Å². The summed E-state index contributed by atoms with van der Waals surface area (Å²) in [5.41, 5.74) is -0.692. The minimum Gasteiger partial charge on any atom is -0.483 e. The van der Waals surface area contributed by atoms with Crippen molar-refractivity contribution in [3.05, 3.63) is 47.7 Å². The molecule has 2 N–H and O–H groups in total. The fourth-order valence-corrected chi connectivity index (χ4v) is 10.3. The zero-order valence-corrected chi connectivity index (χ0v) is 36.3. The average molecular weight is 857 g/mol. The second kappa shape index (κ2) is 15.6. The summed E-state index contributed by atoms with van der Waals surface area (Å²) >= 11 is 0. The maximum Gasteiger partial charge on any atom is 0.408 e. The van der Waals surface area contributed by atoms with Crippen LogP contribution >= 0.6 is 0 Å². The van der Waals surface area contributed by atoms with E-state index in [0.29, 0.717) is 43.5 Å². The molecule has 4 aliphatic heterocycles. The molecule has 0 radical (unpaired) electrons. The van der Waals surface area contributed by atoms with E-state index < -0.39 is 84.5 Å². The predicted molar refractivity (Wildman–Crippen MR) is 219 cm³/mol. The molecule has 322 valence electrons. The molecule has 1 aromatic carbocycles. The molecule has 5 heterocycles. The van der Waals surface area contributed by atoms with E-state index in [1.54, 1.807) is 0 Å². The number of carbonyl (C=O) groups excluding carboxylic acids is 4. The number of aryl methyl sites for hydroxylation is 2. The summed E-state index contributed by atoms with van der Waals surface area (Å²) < 4.78 is 64.5. The number of alkyl carbamates (subject to hydrolysis) is 1. The van der Waals surface area contributed by atoms with Gasteiger partial charge in [-0.15, -0.1) is 0 Å². The number of nitrogens with one attached hydrogen (secondary N) is 2. The Morgan fingerprint density at radius 2 is 1.90 bits per heavy atom. The fraction of sp³-hybridized carbons (Fsp3) is 0.634. The van der Waals surface area contributed by atoms with Crippen molar-refractivity contribution >= 4 is 54.8 Å². The SMILES string of the molecule is Cc1nc2ccccc2c2c1O[C@]1(CC2)C[C@H]2C(=O)N[C@]3(C(=O)N4CCS4(=O)=O)C[C@H]3/C=C\CCCCC[C@H](NC(=O)OC(CN(C)S(C)(=O)=O)C(C)(C)C)C(=O)N2C1. The molecule has 0 bridgehead atoms. The molecule has 7 rings (SSSR count). The van der Waals surface area contributed by atoms with Gasteiger partial charge in [0.1, 0.15) is 35.1 Å². The minimum absolute atomic E-state index is 0.00257. The van der Waals surface area contributed by atoms with Crippen LogP contribution in [0.1, 0.15) is 83.4 Å². The predicted octanol–water partition coefficient (Wildman–Crippen LogP) is 3.18. The number of hydrogen-bond donors (Lipinski definition) is 2. The number of ether oxygens (including phenoxy) is 2. The van der Waals surface area contributed by atoms with Crippen molar-refractivity contribution in [2.75, 3.05) is 38.7 Å². The largest absolute Gasteiger partial charge is 0.483 e. The zero-order chi connectivity index (χ0) is 42.7. The van der Waals surface area contributed by atoms with E-state index >= 15 is 0 Å². The first kappa shape index (κ1) is 42.8. The number of nitrogens with zero attached hydrogens (tertiary/aromatic N) is 4. The number of hydrogen-bond acceptors (Lipinski definition) is 11. The number of amides is 4. The van der Waals surface area contributed by atoms with Crippen LogP contribution in [0.15, 0.2) is 36.4 Å². The molecule has 1 aromatic heterocycles. The highest BCUT2D eigenvalue weighted by Gasteiger charge is 2.65. The van der Waals surface area contributed by atoms with Gasteiger partial charge in [-0.05, 0) is 51.5 Å². The number of fused-ring (bicyclic) bond motifs is 5. The van der Waals surface area contributed by atoms with Crippen molar-refractivity contribution in [1.82, 2.24) is 29.1 Å². The van der Waals surface area contributed by atoms with Gasteiger partial charge in [-0.2, -0.15) is 0 Å². The van der Waals surface area contributed by atoms with Crippen molar-refractivity contribution in [2.24, 2.45) is 11.3 Å². The minimum atomic E-state index is -3.78. The van der Waals surface area contributed by atoms with Gasteiger partial charge < -0.3 is 25.0 Å². The van der Waals surface area contributed by atoms with Gasteiger partial charge in [0.25, 0.3) is 5.91 Å². The molecule has 59 heavy (non-hydrogen) atoms. The lowest BCUT2D eigenvalue weighted by Gasteiger charge is -2.37. The third-order valence-corrected chi connectivity index (χ3v) is 15.6. The number of aromatic nitrogens is 1. The number of rotatable bonds is 6. The van der Waals surface area contributed by atoms with Crippen LogP contribution in [0.5, 0.6) is 5.75 Å². The molecule has 1 saturated carbocycles. The summed E-state index contributed by atoms with van der Waals surface area (Å²) in [6.45, 7) is 7.24. The molecule has 16 nitrogen and oxygen atoms in total. The van der Waals surface area contributed by atoms with Gasteiger partial charge >= 0.3 is 6.09 Å². The van der Waals surface area contributed by atoms with E-state index in [0.717, 1.165) is 37.8 Å². The van der Waals surface area contributed by atoms with Crippen molar-refractivity contribution < 1.29 is 45.5 Å². The van der Waals surface area contributed by atoms with E-state index in [1.807, 2.05) is 64.1 Å². The zero-order valence-electron chi connectivity index (χ0n) is 34.7. The summed E-state index contributed by atoms with van der Waals surface area (Å²) in [4.78, 5) is 63.6. The summed E-state index contributed by atoms with van der Waals surface area (Å²) in [6.07, 6.45) is 7.34. The normalized spacial score (nSPS) is 29.4. The van der Waals surface area contributed by atoms with Crippen molar-refractivity contribution in [1.29, 1.82) is 0 Å². The van der Waals surface area contributed by atoms with Gasteiger partial charge in [-0.1, -0.05) is 64.0 Å². The molecule has 6 atom stereocenters. The molecule has 1 spiro atoms. The molecule has 1 unspecified atom stereocenters. The third-order valence-electron chi connectivity index (χ3n) is 12.6. The maximum absolute atomic E-state index is 15.0. The Labute approximate surface area is 346 Å². The first-order valence-corrected chi connectivity index (χ1v) is 23.9. The highest BCUT2D eigenvalue weighted by molar-refractivity contribution is 7.91. The Morgan fingerprint density at radius 1 is 1.15 bits per heavy atom. The van der Waals surface area contributed by atoms with Gasteiger partial charge in [-0.3, -0.25) is 14.4 Å². The molecule has 2 saturated heterocycles. The highest BCUT2D eigenvalue weighted by atomic mass is 32.2. The van der Waals surface area contributed by atoms with Crippen LogP contribution in [0.25, 0.3) is 10.9 Å². The fourth-order valence-electron chi connectivity index (χ4n) is 8.79. The smallest absolute Gasteiger partial charge is 0.408 e. The quantitative estimate of drug-likeness (QED) is 0.405. The molecule has 18 heteroatoms. The van der Waals surface area contributed by atoms with E-state index in [-0.39, 0.29) is 44.6 Å². The number of likely N-dealkylation sites (N-methyl/N-ethyl adjacent to an activating group) is 1. The Morgan fingerprint density at radius 3 is 2.58 bits per heavy atom. The molecular weight excluding hydrogens is 801 g/mol. The van der Waals surface area contributed by atoms with Crippen molar-refractivity contribution in [3.8, 4) is 5.75 Å². The topological polar surface area (TPSA) is 202 Å². The van der Waals surface area contributed by atoms with Gasteiger partial charge in [-0.25, -0.2) is 35.2 Å². The number of para-hydroxylation sites is 1. The average Bonchev–Trinajstić information content (AvgIpc) is 3.73. The number of allylic oxidation sites excluding steroid dienone is 1. The Kier molecular flexibility index (Phi) is 11.3. The van der Waals surface area contributed by atoms with Crippen molar-refractivity contribution in [2.45, 2.75) is 115 Å². The molecule has 4 amide bonds. The molecule has 3 fully saturated rings.